The van der Waals surface area contributed by atoms with Gasteiger partial charge in [0, 0.05) is 54.2 Å². The molecule has 0 spiro atoms. The number of nitrogens with one attached hydrogen (secondary N) is 1. The first-order chi connectivity index (χ1) is 10.1. The molecule has 1 N–H and O–H groups in total. The molecule has 0 saturated carbocycles. The molecule has 21 heavy (non-hydrogen) atoms. The normalized spacial score (nSPS) is 17.0. The van der Waals surface area contributed by atoms with E-state index in [4.69, 9.17) is 4.98 Å². The SMILES string of the molecule is CC(C)NCc1c(N2CCS(=O)CC2)nc2ccccn12. The molecule has 0 amide bonds. The summed E-state index contributed by atoms with van der Waals surface area (Å²) in [5.41, 5.74) is 2.16. The molecule has 2 aromatic rings. The van der Waals surface area contributed by atoms with Crippen molar-refractivity contribution >= 4 is 22.3 Å². The number of fused-ring (bicyclic) bond motifs is 1. The molecule has 3 rings (SSSR count). The molecule has 1 fully saturated rings. The Morgan fingerprint density at radius 3 is 2.81 bits per heavy atom. The number of pyridine rings is 1. The first kappa shape index (κ1) is 14.5. The van der Waals surface area contributed by atoms with Gasteiger partial charge in [0.2, 0.25) is 0 Å². The third-order valence-corrected chi connectivity index (χ3v) is 5.04. The zero-order valence-corrected chi connectivity index (χ0v) is 13.4. The summed E-state index contributed by atoms with van der Waals surface area (Å²) < 4.78 is 13.7. The Morgan fingerprint density at radius 2 is 2.10 bits per heavy atom. The fraction of sp³-hybridized carbons (Fsp3) is 0.533. The number of rotatable bonds is 4. The highest BCUT2D eigenvalue weighted by molar-refractivity contribution is 7.85. The van der Waals surface area contributed by atoms with Crippen molar-refractivity contribution in [2.24, 2.45) is 0 Å². The van der Waals surface area contributed by atoms with Crippen LogP contribution in [0.2, 0.25) is 0 Å². The molecule has 0 unspecified atom stereocenters. The molecular formula is C15H22N4OS. The van der Waals surface area contributed by atoms with Gasteiger partial charge in [0.05, 0.1) is 5.69 Å². The maximum atomic E-state index is 11.6. The van der Waals surface area contributed by atoms with Gasteiger partial charge in [0.25, 0.3) is 0 Å². The van der Waals surface area contributed by atoms with Gasteiger partial charge in [-0.2, -0.15) is 0 Å². The largest absolute Gasteiger partial charge is 0.353 e. The molecule has 2 aromatic heterocycles. The summed E-state index contributed by atoms with van der Waals surface area (Å²) in [7, 11) is -0.662. The second-order valence-corrected chi connectivity index (χ2v) is 7.38. The van der Waals surface area contributed by atoms with Crippen molar-refractivity contribution in [3.05, 3.63) is 30.1 Å². The van der Waals surface area contributed by atoms with E-state index in [0.29, 0.717) is 6.04 Å². The number of aromatic nitrogens is 2. The van der Waals surface area contributed by atoms with Crippen LogP contribution in [-0.4, -0.2) is 44.2 Å². The van der Waals surface area contributed by atoms with E-state index in [1.807, 2.05) is 18.2 Å². The third-order valence-electron chi connectivity index (χ3n) is 3.76. The highest BCUT2D eigenvalue weighted by atomic mass is 32.2. The van der Waals surface area contributed by atoms with Crippen molar-refractivity contribution < 1.29 is 4.21 Å². The maximum Gasteiger partial charge on any atom is 0.152 e. The van der Waals surface area contributed by atoms with Crippen LogP contribution in [0.5, 0.6) is 0 Å². The Kier molecular flexibility index (Phi) is 4.26. The second kappa shape index (κ2) is 6.15. The van der Waals surface area contributed by atoms with Crippen LogP contribution in [0, 0.1) is 0 Å². The Labute approximate surface area is 127 Å². The van der Waals surface area contributed by atoms with E-state index in [9.17, 15) is 4.21 Å². The van der Waals surface area contributed by atoms with Crippen molar-refractivity contribution in [1.29, 1.82) is 0 Å². The fourth-order valence-electron chi connectivity index (χ4n) is 2.60. The molecule has 1 aliphatic heterocycles. The quantitative estimate of drug-likeness (QED) is 0.928. The molecule has 0 atom stereocenters. The highest BCUT2D eigenvalue weighted by Crippen LogP contribution is 2.23. The van der Waals surface area contributed by atoms with Crippen LogP contribution in [0.25, 0.3) is 5.65 Å². The number of nitrogens with zero attached hydrogens (tertiary/aromatic N) is 3. The highest BCUT2D eigenvalue weighted by Gasteiger charge is 2.22. The summed E-state index contributed by atoms with van der Waals surface area (Å²) in [6.45, 7) is 6.73. The lowest BCUT2D eigenvalue weighted by atomic mass is 10.3. The monoisotopic (exact) mass is 306 g/mol. The zero-order valence-electron chi connectivity index (χ0n) is 12.6. The standard InChI is InChI=1S/C15H22N4OS/c1-12(2)16-11-13-15(18-7-9-21(20)10-8-18)17-14-5-3-4-6-19(13)14/h3-6,12,16H,7-11H2,1-2H3. The molecule has 0 radical (unpaired) electrons. The number of imidazole rings is 1. The number of anilines is 1. The fourth-order valence-corrected chi connectivity index (χ4v) is 3.65. The zero-order chi connectivity index (χ0) is 14.8. The lowest BCUT2D eigenvalue weighted by Crippen LogP contribution is -2.38. The lowest BCUT2D eigenvalue weighted by Gasteiger charge is -2.27. The Bertz CT molecular complexity index is 642. The van der Waals surface area contributed by atoms with E-state index < -0.39 is 10.8 Å². The van der Waals surface area contributed by atoms with E-state index in [-0.39, 0.29) is 0 Å². The van der Waals surface area contributed by atoms with Crippen LogP contribution < -0.4 is 10.2 Å². The summed E-state index contributed by atoms with van der Waals surface area (Å²) >= 11 is 0. The number of hydrogen-bond donors (Lipinski definition) is 1. The Hall–Kier alpha value is -1.40. The van der Waals surface area contributed by atoms with Gasteiger partial charge >= 0.3 is 0 Å². The molecule has 6 heteroatoms. The van der Waals surface area contributed by atoms with Crippen LogP contribution >= 0.6 is 0 Å². The minimum absolute atomic E-state index is 0.431. The molecule has 114 valence electrons. The first-order valence-corrected chi connectivity index (χ1v) is 8.93. The molecule has 0 aliphatic carbocycles. The van der Waals surface area contributed by atoms with Crippen LogP contribution in [0.1, 0.15) is 19.5 Å². The van der Waals surface area contributed by atoms with E-state index in [1.54, 1.807) is 0 Å². The average Bonchev–Trinajstić information content (AvgIpc) is 2.84. The van der Waals surface area contributed by atoms with Gasteiger partial charge in [-0.3, -0.25) is 4.21 Å². The topological polar surface area (TPSA) is 49.6 Å². The van der Waals surface area contributed by atoms with Crippen molar-refractivity contribution in [3.8, 4) is 0 Å². The van der Waals surface area contributed by atoms with E-state index >= 15 is 0 Å². The summed E-state index contributed by atoms with van der Waals surface area (Å²) in [6, 6.07) is 6.50. The smallest absolute Gasteiger partial charge is 0.152 e. The molecule has 1 aliphatic rings. The Morgan fingerprint density at radius 1 is 1.33 bits per heavy atom. The third kappa shape index (κ3) is 3.11. The Balaban J connectivity index is 1.95. The van der Waals surface area contributed by atoms with Gasteiger partial charge in [0.1, 0.15) is 5.65 Å². The van der Waals surface area contributed by atoms with Gasteiger partial charge < -0.3 is 14.6 Å². The van der Waals surface area contributed by atoms with E-state index in [0.717, 1.165) is 42.6 Å². The molecule has 0 bridgehead atoms. The van der Waals surface area contributed by atoms with Crippen molar-refractivity contribution in [2.45, 2.75) is 26.4 Å². The lowest BCUT2D eigenvalue weighted by molar-refractivity contribution is 0.578. The van der Waals surface area contributed by atoms with Gasteiger partial charge in [-0.15, -0.1) is 0 Å². The van der Waals surface area contributed by atoms with Crippen LogP contribution in [0.15, 0.2) is 24.4 Å². The summed E-state index contributed by atoms with van der Waals surface area (Å²) in [4.78, 5) is 7.06. The van der Waals surface area contributed by atoms with Gasteiger partial charge in [-0.25, -0.2) is 4.98 Å². The van der Waals surface area contributed by atoms with E-state index in [1.165, 1.54) is 5.69 Å². The van der Waals surface area contributed by atoms with Crippen molar-refractivity contribution in [2.75, 3.05) is 29.5 Å². The van der Waals surface area contributed by atoms with Crippen LogP contribution in [0.3, 0.4) is 0 Å². The van der Waals surface area contributed by atoms with Crippen molar-refractivity contribution in [1.82, 2.24) is 14.7 Å². The molecule has 3 heterocycles. The summed E-state index contributed by atoms with van der Waals surface area (Å²) in [5, 5.41) is 3.48. The first-order valence-electron chi connectivity index (χ1n) is 7.44. The predicted molar refractivity (Wildman–Crippen MR) is 87.3 cm³/mol. The van der Waals surface area contributed by atoms with Crippen molar-refractivity contribution in [3.63, 3.8) is 0 Å². The second-order valence-electron chi connectivity index (χ2n) is 5.68. The van der Waals surface area contributed by atoms with Crippen LogP contribution in [0.4, 0.5) is 5.82 Å². The average molecular weight is 306 g/mol. The summed E-state index contributed by atoms with van der Waals surface area (Å²) in [5.74, 6) is 2.52. The minimum atomic E-state index is -0.662. The molecule has 1 saturated heterocycles. The van der Waals surface area contributed by atoms with E-state index in [2.05, 4.69) is 34.7 Å². The van der Waals surface area contributed by atoms with Crippen LogP contribution in [-0.2, 0) is 17.3 Å². The van der Waals surface area contributed by atoms with Gasteiger partial charge in [-0.05, 0) is 12.1 Å². The molecular weight excluding hydrogens is 284 g/mol. The molecule has 0 aromatic carbocycles. The summed E-state index contributed by atoms with van der Waals surface area (Å²) in [6.07, 6.45) is 2.06. The maximum absolute atomic E-state index is 11.6. The molecule has 5 nitrogen and oxygen atoms in total. The van der Waals surface area contributed by atoms with Gasteiger partial charge in [0.15, 0.2) is 5.82 Å². The van der Waals surface area contributed by atoms with Gasteiger partial charge in [-0.1, -0.05) is 19.9 Å². The predicted octanol–water partition coefficient (Wildman–Crippen LogP) is 1.40. The minimum Gasteiger partial charge on any atom is -0.353 e. The number of hydrogen-bond acceptors (Lipinski definition) is 4.